The minimum absolute atomic E-state index is 0.273. The first-order valence-corrected chi connectivity index (χ1v) is 5.91. The van der Waals surface area contributed by atoms with Gasteiger partial charge in [0.05, 0.1) is 0 Å². The lowest BCUT2D eigenvalue weighted by Gasteiger charge is -2.17. The van der Waals surface area contributed by atoms with E-state index < -0.39 is 5.60 Å². The molecule has 0 saturated heterocycles. The van der Waals surface area contributed by atoms with Crippen molar-refractivity contribution in [2.24, 2.45) is 0 Å². The van der Waals surface area contributed by atoms with Crippen molar-refractivity contribution in [1.29, 1.82) is 0 Å². The van der Waals surface area contributed by atoms with Crippen molar-refractivity contribution in [3.05, 3.63) is 48.0 Å². The lowest BCUT2D eigenvalue weighted by Crippen LogP contribution is -2.22. The van der Waals surface area contributed by atoms with Gasteiger partial charge < -0.3 is 4.74 Å². The van der Waals surface area contributed by atoms with Gasteiger partial charge in [0.15, 0.2) is 0 Å². The molecule has 0 aliphatic rings. The molecule has 92 valence electrons. The van der Waals surface area contributed by atoms with Crippen molar-refractivity contribution in [2.45, 2.75) is 39.2 Å². The molecule has 0 spiro atoms. The first kappa shape index (κ1) is 13.5. The molecule has 0 atom stereocenters. The summed E-state index contributed by atoms with van der Waals surface area (Å²) in [6.45, 7) is 5.59. The summed E-state index contributed by atoms with van der Waals surface area (Å²) in [6, 6.07) is 10.2. The largest absolute Gasteiger partial charge is 0.457 e. The molecule has 0 fully saturated rings. The Balaban J connectivity index is 2.29. The predicted octanol–water partition coefficient (Wildman–Crippen LogP) is 3.52. The van der Waals surface area contributed by atoms with Crippen molar-refractivity contribution < 1.29 is 9.53 Å². The Bertz CT molecular complexity index is 372. The average Bonchev–Trinajstić information content (AvgIpc) is 2.23. The van der Waals surface area contributed by atoms with Crippen LogP contribution in [0.4, 0.5) is 0 Å². The van der Waals surface area contributed by atoms with Crippen LogP contribution in [0.1, 0.15) is 32.8 Å². The number of aryl methyl sites for hydroxylation is 1. The van der Waals surface area contributed by atoms with Crippen LogP contribution < -0.4 is 0 Å². The highest BCUT2D eigenvalue weighted by Gasteiger charge is 2.13. The van der Waals surface area contributed by atoms with Gasteiger partial charge in [-0.1, -0.05) is 36.4 Å². The molecular weight excluding hydrogens is 212 g/mol. The molecule has 0 saturated carbocycles. The lowest BCUT2D eigenvalue weighted by molar-refractivity contribution is -0.148. The second kappa shape index (κ2) is 6.24. The topological polar surface area (TPSA) is 26.3 Å². The van der Waals surface area contributed by atoms with Crippen LogP contribution in [0.2, 0.25) is 0 Å². The van der Waals surface area contributed by atoms with Crippen molar-refractivity contribution in [3.8, 4) is 0 Å². The van der Waals surface area contributed by atoms with Gasteiger partial charge in [-0.15, -0.1) is 0 Å². The van der Waals surface area contributed by atoms with E-state index in [4.69, 9.17) is 4.74 Å². The molecular formula is C15H20O2. The Morgan fingerprint density at radius 3 is 2.47 bits per heavy atom. The lowest BCUT2D eigenvalue weighted by atomic mass is 10.1. The molecule has 0 unspecified atom stereocenters. The molecule has 0 aromatic heterocycles. The highest BCUT2D eigenvalue weighted by atomic mass is 16.6. The van der Waals surface area contributed by atoms with E-state index in [0.29, 0.717) is 0 Å². The zero-order valence-electron chi connectivity index (χ0n) is 10.8. The van der Waals surface area contributed by atoms with Crippen LogP contribution in [-0.2, 0) is 16.0 Å². The number of hydrogen-bond acceptors (Lipinski definition) is 2. The Morgan fingerprint density at radius 2 is 1.88 bits per heavy atom. The molecule has 0 N–H and O–H groups in total. The van der Waals surface area contributed by atoms with E-state index in [1.54, 1.807) is 0 Å². The third-order valence-corrected chi connectivity index (χ3v) is 2.10. The van der Waals surface area contributed by atoms with Gasteiger partial charge in [-0.05, 0) is 39.2 Å². The fraction of sp³-hybridized carbons (Fsp3) is 0.400. The van der Waals surface area contributed by atoms with Crippen molar-refractivity contribution in [1.82, 2.24) is 0 Å². The molecule has 2 nitrogen and oxygen atoms in total. The maximum atomic E-state index is 11.4. The van der Waals surface area contributed by atoms with Crippen molar-refractivity contribution in [3.63, 3.8) is 0 Å². The van der Waals surface area contributed by atoms with E-state index in [9.17, 15) is 4.79 Å². The normalized spacial score (nSPS) is 11.7. The SMILES string of the molecule is CC(C)(C)OC(=O)/C=C/CCc1ccccc1. The maximum absolute atomic E-state index is 11.4. The number of esters is 1. The van der Waals surface area contributed by atoms with Gasteiger partial charge >= 0.3 is 5.97 Å². The molecule has 2 heteroatoms. The zero-order chi connectivity index (χ0) is 12.7. The second-order valence-electron chi connectivity index (χ2n) is 4.96. The minimum Gasteiger partial charge on any atom is -0.457 e. The quantitative estimate of drug-likeness (QED) is 0.586. The van der Waals surface area contributed by atoms with Gasteiger partial charge in [-0.3, -0.25) is 0 Å². The van der Waals surface area contributed by atoms with Gasteiger partial charge in [0.1, 0.15) is 5.60 Å². The van der Waals surface area contributed by atoms with E-state index in [0.717, 1.165) is 12.8 Å². The van der Waals surface area contributed by atoms with Gasteiger partial charge in [0.25, 0.3) is 0 Å². The summed E-state index contributed by atoms with van der Waals surface area (Å²) in [4.78, 5) is 11.4. The number of benzene rings is 1. The molecule has 0 amide bonds. The van der Waals surface area contributed by atoms with Crippen molar-refractivity contribution in [2.75, 3.05) is 0 Å². The van der Waals surface area contributed by atoms with Gasteiger partial charge in [-0.2, -0.15) is 0 Å². The summed E-state index contributed by atoms with van der Waals surface area (Å²) in [6.07, 6.45) is 5.17. The van der Waals surface area contributed by atoms with E-state index in [1.165, 1.54) is 11.6 Å². The van der Waals surface area contributed by atoms with Crippen molar-refractivity contribution >= 4 is 5.97 Å². The van der Waals surface area contributed by atoms with Crippen LogP contribution in [0, 0.1) is 0 Å². The molecule has 0 radical (unpaired) electrons. The number of hydrogen-bond donors (Lipinski definition) is 0. The van der Waals surface area contributed by atoms with E-state index in [1.807, 2.05) is 45.0 Å². The third kappa shape index (κ3) is 6.56. The highest BCUT2D eigenvalue weighted by molar-refractivity contribution is 5.82. The number of ether oxygens (including phenoxy) is 1. The van der Waals surface area contributed by atoms with Crippen LogP contribution in [0.25, 0.3) is 0 Å². The second-order valence-corrected chi connectivity index (χ2v) is 4.96. The summed E-state index contributed by atoms with van der Waals surface area (Å²) in [5, 5.41) is 0. The number of allylic oxidation sites excluding steroid dienone is 1. The first-order chi connectivity index (χ1) is 7.97. The van der Waals surface area contributed by atoms with Crippen LogP contribution >= 0.6 is 0 Å². The summed E-state index contributed by atoms with van der Waals surface area (Å²) in [7, 11) is 0. The fourth-order valence-electron chi connectivity index (χ4n) is 1.41. The highest BCUT2D eigenvalue weighted by Crippen LogP contribution is 2.08. The third-order valence-electron chi connectivity index (χ3n) is 2.10. The molecule has 1 aromatic rings. The maximum Gasteiger partial charge on any atom is 0.330 e. The predicted molar refractivity (Wildman–Crippen MR) is 69.7 cm³/mol. The minimum atomic E-state index is -0.416. The van der Waals surface area contributed by atoms with E-state index in [-0.39, 0.29) is 5.97 Å². The molecule has 17 heavy (non-hydrogen) atoms. The Morgan fingerprint density at radius 1 is 1.24 bits per heavy atom. The summed E-state index contributed by atoms with van der Waals surface area (Å²) in [5.41, 5.74) is 0.863. The van der Waals surface area contributed by atoms with Crippen LogP contribution in [0.15, 0.2) is 42.5 Å². The van der Waals surface area contributed by atoms with E-state index >= 15 is 0 Å². The fourth-order valence-corrected chi connectivity index (χ4v) is 1.41. The summed E-state index contributed by atoms with van der Waals surface area (Å²) in [5.74, 6) is -0.273. The Kier molecular flexibility index (Phi) is 4.95. The van der Waals surface area contributed by atoms with Gasteiger partial charge in [0, 0.05) is 6.08 Å². The zero-order valence-corrected chi connectivity index (χ0v) is 10.8. The number of carbonyl (C=O) groups excluding carboxylic acids is 1. The van der Waals surface area contributed by atoms with Crippen LogP contribution in [-0.4, -0.2) is 11.6 Å². The first-order valence-electron chi connectivity index (χ1n) is 5.91. The van der Waals surface area contributed by atoms with Gasteiger partial charge in [-0.25, -0.2) is 4.79 Å². The number of rotatable bonds is 4. The molecule has 0 aliphatic carbocycles. The molecule has 0 aliphatic heterocycles. The molecule has 1 rings (SSSR count). The summed E-state index contributed by atoms with van der Waals surface area (Å²) >= 11 is 0. The van der Waals surface area contributed by atoms with Crippen LogP contribution in [0.5, 0.6) is 0 Å². The summed E-state index contributed by atoms with van der Waals surface area (Å²) < 4.78 is 5.16. The van der Waals surface area contributed by atoms with Gasteiger partial charge in [0.2, 0.25) is 0 Å². The smallest absolute Gasteiger partial charge is 0.330 e. The Hall–Kier alpha value is -1.57. The Labute approximate surface area is 103 Å². The van der Waals surface area contributed by atoms with E-state index in [2.05, 4.69) is 12.1 Å². The molecule has 0 bridgehead atoms. The molecule has 1 aromatic carbocycles. The van der Waals surface area contributed by atoms with Crippen LogP contribution in [0.3, 0.4) is 0 Å². The monoisotopic (exact) mass is 232 g/mol. The average molecular weight is 232 g/mol. The molecule has 0 heterocycles. The number of carbonyl (C=O) groups is 1. The standard InChI is InChI=1S/C15H20O2/c1-15(2,3)17-14(16)12-8-7-11-13-9-5-4-6-10-13/h4-6,8-10,12H,7,11H2,1-3H3/b12-8+.